The van der Waals surface area contributed by atoms with E-state index in [-0.39, 0.29) is 5.78 Å². The van der Waals surface area contributed by atoms with Gasteiger partial charge < -0.3 is 10.5 Å². The van der Waals surface area contributed by atoms with Crippen LogP contribution in [0.25, 0.3) is 0 Å². The number of anilines is 1. The SMILES string of the molecule is COc1cc(N)ccc1C(=O)c1cc(Br)c(Cl)s1. The highest BCUT2D eigenvalue weighted by Crippen LogP contribution is 2.34. The zero-order valence-electron chi connectivity index (χ0n) is 9.37. The summed E-state index contributed by atoms with van der Waals surface area (Å²) in [6.07, 6.45) is 0. The smallest absolute Gasteiger partial charge is 0.206 e. The summed E-state index contributed by atoms with van der Waals surface area (Å²) in [5.41, 5.74) is 6.67. The molecule has 1 aromatic carbocycles. The van der Waals surface area contributed by atoms with Gasteiger partial charge >= 0.3 is 0 Å². The molecule has 0 bridgehead atoms. The van der Waals surface area contributed by atoms with Gasteiger partial charge in [-0.15, -0.1) is 11.3 Å². The van der Waals surface area contributed by atoms with Crippen LogP contribution in [0.15, 0.2) is 28.7 Å². The molecule has 0 amide bonds. The first-order valence-corrected chi connectivity index (χ1v) is 6.94. The Morgan fingerprint density at radius 2 is 2.17 bits per heavy atom. The maximum Gasteiger partial charge on any atom is 0.206 e. The molecule has 1 aromatic heterocycles. The minimum Gasteiger partial charge on any atom is -0.496 e. The molecule has 2 rings (SSSR count). The molecule has 18 heavy (non-hydrogen) atoms. The summed E-state index contributed by atoms with van der Waals surface area (Å²) in [5, 5.41) is 0. The Bertz CT molecular complexity index is 593. The first kappa shape index (κ1) is 13.4. The largest absolute Gasteiger partial charge is 0.496 e. The van der Waals surface area contributed by atoms with Crippen molar-refractivity contribution in [3.63, 3.8) is 0 Å². The first-order valence-electron chi connectivity index (χ1n) is 4.96. The van der Waals surface area contributed by atoms with Gasteiger partial charge in [0.1, 0.15) is 10.1 Å². The normalized spacial score (nSPS) is 10.4. The van der Waals surface area contributed by atoms with E-state index < -0.39 is 0 Å². The zero-order valence-corrected chi connectivity index (χ0v) is 12.5. The Hall–Kier alpha value is -1.04. The number of hydrogen-bond acceptors (Lipinski definition) is 4. The second-order valence-corrected chi connectivity index (χ2v) is 6.03. The van der Waals surface area contributed by atoms with Crippen LogP contribution in [0.5, 0.6) is 5.75 Å². The number of ketones is 1. The van der Waals surface area contributed by atoms with Crippen molar-refractivity contribution in [2.24, 2.45) is 0 Å². The van der Waals surface area contributed by atoms with Gasteiger partial charge in [0, 0.05) is 16.2 Å². The van der Waals surface area contributed by atoms with Crippen LogP contribution < -0.4 is 10.5 Å². The van der Waals surface area contributed by atoms with Crippen LogP contribution in [0.4, 0.5) is 5.69 Å². The summed E-state index contributed by atoms with van der Waals surface area (Å²) in [4.78, 5) is 12.9. The van der Waals surface area contributed by atoms with Crippen LogP contribution in [0.1, 0.15) is 15.2 Å². The lowest BCUT2D eigenvalue weighted by Crippen LogP contribution is -2.02. The summed E-state index contributed by atoms with van der Waals surface area (Å²) in [6.45, 7) is 0. The maximum atomic E-state index is 12.3. The highest BCUT2D eigenvalue weighted by Gasteiger charge is 2.18. The van der Waals surface area contributed by atoms with E-state index in [0.29, 0.717) is 30.7 Å². The summed E-state index contributed by atoms with van der Waals surface area (Å²) >= 11 is 10.4. The van der Waals surface area contributed by atoms with Gasteiger partial charge in [-0.05, 0) is 34.1 Å². The van der Waals surface area contributed by atoms with Crippen molar-refractivity contribution in [2.75, 3.05) is 12.8 Å². The van der Waals surface area contributed by atoms with Crippen LogP contribution in [0, 0.1) is 0 Å². The molecule has 0 aliphatic carbocycles. The fraction of sp³-hybridized carbons (Fsp3) is 0.0833. The molecule has 0 aliphatic rings. The molecule has 2 N–H and O–H groups in total. The number of hydrogen-bond donors (Lipinski definition) is 1. The number of nitrogen functional groups attached to an aromatic ring is 1. The molecule has 0 fully saturated rings. The summed E-state index contributed by atoms with van der Waals surface area (Å²) in [6, 6.07) is 6.64. The van der Waals surface area contributed by atoms with Gasteiger partial charge in [0.25, 0.3) is 0 Å². The molecule has 0 aliphatic heterocycles. The Kier molecular flexibility index (Phi) is 3.94. The third-order valence-electron chi connectivity index (χ3n) is 2.34. The predicted molar refractivity (Wildman–Crippen MR) is 77.9 cm³/mol. The second-order valence-electron chi connectivity index (χ2n) is 3.52. The first-order chi connectivity index (χ1) is 8.52. The number of benzene rings is 1. The lowest BCUT2D eigenvalue weighted by Gasteiger charge is -2.07. The summed E-state index contributed by atoms with van der Waals surface area (Å²) in [5.74, 6) is 0.324. The van der Waals surface area contributed by atoms with E-state index in [4.69, 9.17) is 22.1 Å². The topological polar surface area (TPSA) is 52.3 Å². The van der Waals surface area contributed by atoms with Crippen LogP contribution in [-0.2, 0) is 0 Å². The molecule has 0 unspecified atom stereocenters. The monoisotopic (exact) mass is 345 g/mol. The van der Waals surface area contributed by atoms with E-state index in [1.807, 2.05) is 0 Å². The molecule has 1 heterocycles. The third kappa shape index (κ3) is 2.53. The molecule has 3 nitrogen and oxygen atoms in total. The molecular formula is C12H9BrClNO2S. The number of carbonyl (C=O) groups excluding carboxylic acids is 1. The molecule has 0 saturated carbocycles. The van der Waals surface area contributed by atoms with Crippen LogP contribution in [0.2, 0.25) is 4.34 Å². The van der Waals surface area contributed by atoms with Crippen molar-refractivity contribution in [3.8, 4) is 5.75 Å². The minimum atomic E-state index is -0.135. The van der Waals surface area contributed by atoms with Gasteiger partial charge in [0.15, 0.2) is 0 Å². The fourth-order valence-corrected chi connectivity index (χ4v) is 3.14. The van der Waals surface area contributed by atoms with Crippen molar-refractivity contribution >= 4 is 50.3 Å². The molecule has 0 atom stereocenters. The van der Waals surface area contributed by atoms with Crippen molar-refractivity contribution in [1.82, 2.24) is 0 Å². The van der Waals surface area contributed by atoms with Crippen molar-refractivity contribution < 1.29 is 9.53 Å². The fourth-order valence-electron chi connectivity index (χ4n) is 1.49. The molecule has 6 heteroatoms. The van der Waals surface area contributed by atoms with E-state index in [0.717, 1.165) is 0 Å². The van der Waals surface area contributed by atoms with Crippen LogP contribution >= 0.6 is 38.9 Å². The third-order valence-corrected chi connectivity index (χ3v) is 4.81. The molecule has 0 spiro atoms. The number of nitrogens with two attached hydrogens (primary N) is 1. The predicted octanol–water partition coefficient (Wildman–Crippen LogP) is 3.99. The Morgan fingerprint density at radius 1 is 1.44 bits per heavy atom. The van der Waals surface area contributed by atoms with E-state index in [1.165, 1.54) is 18.4 Å². The number of methoxy groups -OCH3 is 1. The zero-order chi connectivity index (χ0) is 13.3. The number of thiophene rings is 1. The summed E-state index contributed by atoms with van der Waals surface area (Å²) < 4.78 is 6.43. The second kappa shape index (κ2) is 5.30. The average Bonchev–Trinajstić information content (AvgIpc) is 2.68. The van der Waals surface area contributed by atoms with Crippen LogP contribution in [0.3, 0.4) is 0 Å². The molecular weight excluding hydrogens is 338 g/mol. The van der Waals surface area contributed by atoms with Gasteiger partial charge in [-0.25, -0.2) is 0 Å². The van der Waals surface area contributed by atoms with E-state index in [2.05, 4.69) is 15.9 Å². The van der Waals surface area contributed by atoms with Crippen molar-refractivity contribution in [2.45, 2.75) is 0 Å². The quantitative estimate of drug-likeness (QED) is 0.675. The van der Waals surface area contributed by atoms with Crippen LogP contribution in [-0.4, -0.2) is 12.9 Å². The molecule has 0 saturated heterocycles. The van der Waals surface area contributed by atoms with Crippen molar-refractivity contribution in [1.29, 1.82) is 0 Å². The van der Waals surface area contributed by atoms with E-state index in [1.54, 1.807) is 24.3 Å². The van der Waals surface area contributed by atoms with Gasteiger partial charge in [0.05, 0.1) is 17.6 Å². The lowest BCUT2D eigenvalue weighted by atomic mass is 10.1. The maximum absolute atomic E-state index is 12.3. The number of halogens is 2. The number of carbonyl (C=O) groups is 1. The minimum absolute atomic E-state index is 0.135. The summed E-state index contributed by atoms with van der Waals surface area (Å²) in [7, 11) is 1.50. The Morgan fingerprint density at radius 3 is 2.72 bits per heavy atom. The number of rotatable bonds is 3. The molecule has 0 radical (unpaired) electrons. The number of ether oxygens (including phenoxy) is 1. The lowest BCUT2D eigenvalue weighted by molar-refractivity contribution is 0.103. The molecule has 94 valence electrons. The Labute approximate surface area is 122 Å². The van der Waals surface area contributed by atoms with Gasteiger partial charge in [-0.1, -0.05) is 11.6 Å². The molecule has 2 aromatic rings. The van der Waals surface area contributed by atoms with Crippen molar-refractivity contribution in [3.05, 3.63) is 43.5 Å². The van der Waals surface area contributed by atoms with Gasteiger partial charge in [-0.2, -0.15) is 0 Å². The Balaban J connectivity index is 2.45. The van der Waals surface area contributed by atoms with E-state index in [9.17, 15) is 4.79 Å². The van der Waals surface area contributed by atoms with Gasteiger partial charge in [-0.3, -0.25) is 4.79 Å². The highest BCUT2D eigenvalue weighted by molar-refractivity contribution is 9.10. The van der Waals surface area contributed by atoms with E-state index >= 15 is 0 Å². The standard InChI is InChI=1S/C12H9BrClNO2S/c1-17-9-4-6(15)2-3-7(9)11(16)10-5-8(13)12(14)18-10/h2-5H,15H2,1H3. The highest BCUT2D eigenvalue weighted by atomic mass is 79.9. The van der Waals surface area contributed by atoms with Gasteiger partial charge in [0.2, 0.25) is 5.78 Å². The average molecular weight is 347 g/mol.